The van der Waals surface area contributed by atoms with Crippen molar-refractivity contribution in [3.05, 3.63) is 90.7 Å². The number of hydrogen-bond donors (Lipinski definition) is 2. The lowest BCUT2D eigenvalue weighted by molar-refractivity contribution is 0.402. The molecule has 2 heterocycles. The normalized spacial score (nSPS) is 10.7. The van der Waals surface area contributed by atoms with Crippen LogP contribution in [0.4, 0.5) is 11.4 Å². The van der Waals surface area contributed by atoms with Crippen molar-refractivity contribution in [2.24, 2.45) is 0 Å². The van der Waals surface area contributed by atoms with Gasteiger partial charge in [-0.15, -0.1) is 0 Å². The third-order valence-electron chi connectivity index (χ3n) is 4.81. The van der Waals surface area contributed by atoms with E-state index in [2.05, 4.69) is 77.0 Å². The van der Waals surface area contributed by atoms with Crippen LogP contribution in [-0.4, -0.2) is 36.0 Å². The van der Waals surface area contributed by atoms with Crippen molar-refractivity contribution in [2.45, 2.75) is 13.5 Å². The molecule has 5 heteroatoms. The summed E-state index contributed by atoms with van der Waals surface area (Å²) >= 11 is 0. The first-order valence-corrected chi connectivity index (χ1v) is 9.86. The predicted molar refractivity (Wildman–Crippen MR) is 127 cm³/mol. The minimum atomic E-state index is 0.730. The van der Waals surface area contributed by atoms with E-state index >= 15 is 0 Å². The van der Waals surface area contributed by atoms with Gasteiger partial charge in [-0.05, 0) is 68.1 Å². The summed E-state index contributed by atoms with van der Waals surface area (Å²) in [6.07, 6.45) is 5.60. The summed E-state index contributed by atoms with van der Waals surface area (Å²) in [5, 5.41) is 6.56. The van der Waals surface area contributed by atoms with Gasteiger partial charge in [-0.2, -0.15) is 0 Å². The highest BCUT2D eigenvalue weighted by Crippen LogP contribution is 2.32. The van der Waals surface area contributed by atoms with Gasteiger partial charge >= 0.3 is 0 Å². The summed E-state index contributed by atoms with van der Waals surface area (Å²) in [6, 6.07) is 12.4. The predicted octanol–water partition coefficient (Wildman–Crippen LogP) is 5.19. The van der Waals surface area contributed by atoms with Gasteiger partial charge in [0.15, 0.2) is 0 Å². The highest BCUT2D eigenvalue weighted by Gasteiger charge is 2.12. The number of allylic oxidation sites excluding steroid dienone is 1. The SMILES string of the molecule is C=C(Nc1ccc(C)nc1)C(=C)c1cc(-c2cncc(CN(C)C)c2)ccc1NC. The average Bonchev–Trinajstić information content (AvgIpc) is 2.74. The van der Waals surface area contributed by atoms with Gasteiger partial charge < -0.3 is 15.5 Å². The van der Waals surface area contributed by atoms with E-state index in [4.69, 9.17) is 0 Å². The largest absolute Gasteiger partial charge is 0.388 e. The number of hydrogen-bond acceptors (Lipinski definition) is 5. The van der Waals surface area contributed by atoms with Gasteiger partial charge in [-0.25, -0.2) is 0 Å². The smallest absolute Gasteiger partial charge is 0.0570 e. The Balaban J connectivity index is 1.89. The van der Waals surface area contributed by atoms with Crippen molar-refractivity contribution >= 4 is 16.9 Å². The second-order valence-corrected chi connectivity index (χ2v) is 7.60. The van der Waals surface area contributed by atoms with E-state index < -0.39 is 0 Å². The summed E-state index contributed by atoms with van der Waals surface area (Å²) in [5.41, 5.74) is 8.73. The fourth-order valence-corrected chi connectivity index (χ4v) is 3.24. The van der Waals surface area contributed by atoms with Gasteiger partial charge in [0.2, 0.25) is 0 Å². The highest BCUT2D eigenvalue weighted by molar-refractivity contribution is 5.88. The second kappa shape index (κ2) is 9.37. The first kappa shape index (κ1) is 21.3. The molecule has 2 N–H and O–H groups in total. The number of aromatic nitrogens is 2. The van der Waals surface area contributed by atoms with Gasteiger partial charge in [0.05, 0.1) is 11.9 Å². The Hall–Kier alpha value is -3.44. The van der Waals surface area contributed by atoms with Crippen LogP contribution in [0, 0.1) is 6.92 Å². The Bertz CT molecular complexity index is 1050. The Kier molecular flexibility index (Phi) is 6.65. The number of rotatable bonds is 8. The monoisotopic (exact) mass is 399 g/mol. The van der Waals surface area contributed by atoms with Crippen LogP contribution in [0.2, 0.25) is 0 Å². The molecule has 0 spiro atoms. The van der Waals surface area contributed by atoms with E-state index in [0.29, 0.717) is 0 Å². The summed E-state index contributed by atoms with van der Waals surface area (Å²) in [6.45, 7) is 11.3. The van der Waals surface area contributed by atoms with Gasteiger partial charge in [-0.3, -0.25) is 9.97 Å². The molecule has 0 bridgehead atoms. The molecule has 0 saturated carbocycles. The molecule has 3 rings (SSSR count). The molecule has 1 aromatic carbocycles. The van der Waals surface area contributed by atoms with Crippen LogP contribution in [0.25, 0.3) is 16.7 Å². The molecule has 0 atom stereocenters. The van der Waals surface area contributed by atoms with E-state index in [0.717, 1.165) is 51.6 Å². The highest BCUT2D eigenvalue weighted by atomic mass is 15.0. The second-order valence-electron chi connectivity index (χ2n) is 7.60. The number of benzene rings is 1. The number of anilines is 2. The summed E-state index contributed by atoms with van der Waals surface area (Å²) in [4.78, 5) is 10.9. The van der Waals surface area contributed by atoms with Crippen molar-refractivity contribution < 1.29 is 0 Å². The van der Waals surface area contributed by atoms with E-state index in [-0.39, 0.29) is 0 Å². The Morgan fingerprint density at radius 1 is 1.00 bits per heavy atom. The lowest BCUT2D eigenvalue weighted by Crippen LogP contribution is -2.10. The standard InChI is InChI=1S/C25H29N5/c1-17-7-9-23(15-28-17)29-19(3)18(2)24-12-21(8-10-25(24)26-4)22-11-20(13-27-14-22)16-30(5)6/h7-15,26,29H,2-3,16H2,1,4-6H3. The zero-order chi connectivity index (χ0) is 21.7. The van der Waals surface area contributed by atoms with Gasteiger partial charge in [-0.1, -0.05) is 19.2 Å². The van der Waals surface area contributed by atoms with Crippen LogP contribution in [-0.2, 0) is 6.54 Å². The minimum Gasteiger partial charge on any atom is -0.388 e. The van der Waals surface area contributed by atoms with Crippen LogP contribution >= 0.6 is 0 Å². The lowest BCUT2D eigenvalue weighted by Gasteiger charge is -2.17. The fourth-order valence-electron chi connectivity index (χ4n) is 3.24. The molecule has 154 valence electrons. The maximum absolute atomic E-state index is 4.43. The molecule has 5 nitrogen and oxygen atoms in total. The van der Waals surface area contributed by atoms with E-state index in [9.17, 15) is 0 Å². The van der Waals surface area contributed by atoms with Gasteiger partial charge in [0.25, 0.3) is 0 Å². The Morgan fingerprint density at radius 2 is 1.80 bits per heavy atom. The van der Waals surface area contributed by atoms with Gasteiger partial charge in [0.1, 0.15) is 0 Å². The molecule has 0 saturated heterocycles. The Morgan fingerprint density at radius 3 is 2.47 bits per heavy atom. The maximum Gasteiger partial charge on any atom is 0.0570 e. The van der Waals surface area contributed by atoms with Gasteiger partial charge in [0, 0.05) is 54.2 Å². The van der Waals surface area contributed by atoms with Crippen molar-refractivity contribution in [3.63, 3.8) is 0 Å². The molecule has 30 heavy (non-hydrogen) atoms. The molecule has 0 unspecified atom stereocenters. The van der Waals surface area contributed by atoms with Crippen molar-refractivity contribution in [1.82, 2.24) is 14.9 Å². The van der Waals surface area contributed by atoms with Crippen LogP contribution in [0.1, 0.15) is 16.8 Å². The third-order valence-corrected chi connectivity index (χ3v) is 4.81. The first-order valence-electron chi connectivity index (χ1n) is 9.86. The van der Waals surface area contributed by atoms with Crippen molar-refractivity contribution in [3.8, 4) is 11.1 Å². The molecule has 0 aliphatic rings. The number of nitrogens with one attached hydrogen (secondary N) is 2. The van der Waals surface area contributed by atoms with Crippen LogP contribution in [0.5, 0.6) is 0 Å². The molecule has 3 aromatic rings. The molecule has 0 amide bonds. The number of aryl methyl sites for hydroxylation is 1. The molecule has 0 fully saturated rings. The van der Waals surface area contributed by atoms with Crippen molar-refractivity contribution in [1.29, 1.82) is 0 Å². The molecule has 2 aromatic heterocycles. The third kappa shape index (κ3) is 5.13. The van der Waals surface area contributed by atoms with E-state index in [1.807, 2.05) is 38.5 Å². The first-order chi connectivity index (χ1) is 14.4. The molecule has 0 radical (unpaired) electrons. The van der Waals surface area contributed by atoms with Crippen molar-refractivity contribution in [2.75, 3.05) is 31.8 Å². The molecular formula is C25H29N5. The zero-order valence-corrected chi connectivity index (χ0v) is 18.2. The maximum atomic E-state index is 4.43. The summed E-state index contributed by atoms with van der Waals surface area (Å²) in [7, 11) is 6.02. The number of pyridine rings is 2. The van der Waals surface area contributed by atoms with Crippen LogP contribution in [0.3, 0.4) is 0 Å². The average molecular weight is 400 g/mol. The zero-order valence-electron chi connectivity index (χ0n) is 18.2. The fraction of sp³-hybridized carbons (Fsp3) is 0.200. The molecular weight excluding hydrogens is 370 g/mol. The van der Waals surface area contributed by atoms with E-state index in [1.54, 1.807) is 6.20 Å². The summed E-state index contributed by atoms with van der Waals surface area (Å²) in [5.74, 6) is 0. The molecule has 0 aliphatic carbocycles. The van der Waals surface area contributed by atoms with Crippen LogP contribution < -0.4 is 10.6 Å². The van der Waals surface area contributed by atoms with Crippen LogP contribution in [0.15, 0.2) is 73.8 Å². The topological polar surface area (TPSA) is 53.1 Å². The number of nitrogens with zero attached hydrogens (tertiary/aromatic N) is 3. The molecule has 0 aliphatic heterocycles. The quantitative estimate of drug-likeness (QED) is 0.510. The summed E-state index contributed by atoms with van der Waals surface area (Å²) < 4.78 is 0. The lowest BCUT2D eigenvalue weighted by atomic mass is 9.96. The minimum absolute atomic E-state index is 0.730. The Labute approximate surface area is 179 Å². The van der Waals surface area contributed by atoms with E-state index in [1.165, 1.54) is 5.56 Å².